The van der Waals surface area contributed by atoms with Crippen LogP contribution < -0.4 is 22.1 Å². The van der Waals surface area contributed by atoms with Crippen molar-refractivity contribution in [1.82, 2.24) is 20.4 Å². The van der Waals surface area contributed by atoms with Crippen LogP contribution in [0.4, 0.5) is 0 Å². The Morgan fingerprint density at radius 2 is 1.43 bits per heavy atom. The summed E-state index contributed by atoms with van der Waals surface area (Å²) >= 11 is 0. The molecule has 10 heteroatoms. The van der Waals surface area contributed by atoms with Gasteiger partial charge in [-0.3, -0.25) is 24.1 Å². The summed E-state index contributed by atoms with van der Waals surface area (Å²) in [6.45, 7) is 5.05. The Kier molecular flexibility index (Phi) is 13.0. The highest BCUT2D eigenvalue weighted by molar-refractivity contribution is 5.96. The zero-order chi connectivity index (χ0) is 34.8. The lowest BCUT2D eigenvalue weighted by Crippen LogP contribution is -2.60. The van der Waals surface area contributed by atoms with Gasteiger partial charge >= 0.3 is 0 Å². The molecule has 3 amide bonds. The standard InChI is InChI=1S/C39H56N6O4/c1-2-45-30-18-19-31(45)27-44(26-30)37(48)33(17-9-12-22-40)43-38(49)39(20-10-11-21-39)25-35(46)34(24-29-15-7-4-8-16-29)42-36(47)32(41)23-28-13-5-3-6-14-28/h3-8,13-16,30-34H,2,9-12,17-27,40-41H2,1H3,(H,42,47)(H,43,49). The predicted octanol–water partition coefficient (Wildman–Crippen LogP) is 3.11. The number of amides is 3. The van der Waals surface area contributed by atoms with Gasteiger partial charge < -0.3 is 27.0 Å². The van der Waals surface area contributed by atoms with Crippen LogP contribution in [0, 0.1) is 5.41 Å². The molecule has 0 spiro atoms. The van der Waals surface area contributed by atoms with Crippen molar-refractivity contribution in [1.29, 1.82) is 0 Å². The Morgan fingerprint density at radius 1 is 0.837 bits per heavy atom. The molecule has 2 aromatic carbocycles. The second-order valence-electron chi connectivity index (χ2n) is 14.4. The van der Waals surface area contributed by atoms with E-state index in [2.05, 4.69) is 22.5 Å². The molecular formula is C39H56N6O4. The number of nitrogens with one attached hydrogen (secondary N) is 2. The van der Waals surface area contributed by atoms with E-state index in [1.807, 2.05) is 65.6 Å². The van der Waals surface area contributed by atoms with Crippen LogP contribution in [-0.4, -0.2) is 89.7 Å². The van der Waals surface area contributed by atoms with Crippen molar-refractivity contribution in [3.63, 3.8) is 0 Å². The van der Waals surface area contributed by atoms with Crippen molar-refractivity contribution in [3.05, 3.63) is 71.8 Å². The maximum absolute atomic E-state index is 14.3. The number of ketones is 1. The van der Waals surface area contributed by atoms with Gasteiger partial charge in [0.15, 0.2) is 5.78 Å². The number of piperazine rings is 1. The molecule has 1 aliphatic carbocycles. The molecule has 2 saturated heterocycles. The Hall–Kier alpha value is -3.60. The number of Topliss-reactive ketones (excluding diaryl/α,β-unsaturated/α-hetero) is 1. The number of nitrogens with zero attached hydrogens (tertiary/aromatic N) is 2. The minimum atomic E-state index is -0.935. The highest BCUT2D eigenvalue weighted by Crippen LogP contribution is 2.42. The monoisotopic (exact) mass is 672 g/mol. The van der Waals surface area contributed by atoms with Crippen molar-refractivity contribution < 1.29 is 19.2 Å². The van der Waals surface area contributed by atoms with E-state index in [0.29, 0.717) is 63.8 Å². The smallest absolute Gasteiger partial charge is 0.245 e. The number of hydrogen-bond donors (Lipinski definition) is 4. The summed E-state index contributed by atoms with van der Waals surface area (Å²) in [4.78, 5) is 60.4. The molecule has 2 aliphatic heterocycles. The van der Waals surface area contributed by atoms with Crippen LogP contribution in [0.2, 0.25) is 0 Å². The molecule has 1 saturated carbocycles. The second-order valence-corrected chi connectivity index (χ2v) is 14.4. The van der Waals surface area contributed by atoms with Gasteiger partial charge in [-0.1, -0.05) is 80.4 Å². The zero-order valence-corrected chi connectivity index (χ0v) is 29.2. The summed E-state index contributed by atoms with van der Waals surface area (Å²) in [6, 6.07) is 17.5. The molecule has 5 unspecified atom stereocenters. The maximum Gasteiger partial charge on any atom is 0.245 e. The molecule has 5 atom stereocenters. The number of likely N-dealkylation sites (tertiary alicyclic amines) is 1. The largest absolute Gasteiger partial charge is 0.345 e. The highest BCUT2D eigenvalue weighted by Gasteiger charge is 2.46. The van der Waals surface area contributed by atoms with Crippen LogP contribution in [0.3, 0.4) is 0 Å². The number of fused-ring (bicyclic) bond motifs is 2. The molecule has 0 aromatic heterocycles. The normalized spacial score (nSPS) is 21.9. The molecule has 0 radical (unpaired) electrons. The number of rotatable bonds is 17. The van der Waals surface area contributed by atoms with E-state index < -0.39 is 29.4 Å². The van der Waals surface area contributed by atoms with Gasteiger partial charge in [0.1, 0.15) is 6.04 Å². The van der Waals surface area contributed by atoms with E-state index in [1.165, 1.54) is 0 Å². The fraction of sp³-hybridized carbons (Fsp3) is 0.590. The Morgan fingerprint density at radius 3 is 2.00 bits per heavy atom. The molecule has 2 heterocycles. The summed E-state index contributed by atoms with van der Waals surface area (Å²) in [5, 5.41) is 6.12. The Bertz CT molecular complexity index is 1380. The molecule has 6 N–H and O–H groups in total. The first kappa shape index (κ1) is 36.7. The molecule has 10 nitrogen and oxygen atoms in total. The molecular weight excluding hydrogens is 616 g/mol. The average molecular weight is 673 g/mol. The van der Waals surface area contributed by atoms with Gasteiger partial charge in [0.05, 0.1) is 17.5 Å². The first-order valence-electron chi connectivity index (χ1n) is 18.4. The predicted molar refractivity (Wildman–Crippen MR) is 191 cm³/mol. The zero-order valence-electron chi connectivity index (χ0n) is 29.2. The van der Waals surface area contributed by atoms with E-state index in [0.717, 1.165) is 56.2 Å². The lowest BCUT2D eigenvalue weighted by Gasteiger charge is -2.42. The van der Waals surface area contributed by atoms with Gasteiger partial charge in [-0.05, 0) is 82.0 Å². The van der Waals surface area contributed by atoms with E-state index in [4.69, 9.17) is 11.5 Å². The Balaban J connectivity index is 1.30. The number of nitrogens with two attached hydrogens (primary N) is 2. The van der Waals surface area contributed by atoms with Crippen LogP contribution in [0.1, 0.15) is 82.3 Å². The van der Waals surface area contributed by atoms with Crippen LogP contribution >= 0.6 is 0 Å². The molecule has 2 bridgehead atoms. The summed E-state index contributed by atoms with van der Waals surface area (Å²) in [5.41, 5.74) is 13.0. The molecule has 266 valence electrons. The van der Waals surface area contributed by atoms with E-state index in [-0.39, 0.29) is 24.0 Å². The SMILES string of the molecule is CCN1C2CCC1CN(C(=O)C(CCCCN)NC(=O)C1(CC(=O)C(Cc3ccccc3)NC(=O)C(N)Cc3ccccc3)CCCC1)C2. The number of hydrogen-bond acceptors (Lipinski definition) is 7. The number of carbonyl (C=O) groups excluding carboxylic acids is 4. The van der Waals surface area contributed by atoms with Crippen molar-refractivity contribution in [2.45, 2.75) is 114 Å². The van der Waals surface area contributed by atoms with Gasteiger partial charge in [-0.25, -0.2) is 0 Å². The molecule has 3 fully saturated rings. The molecule has 49 heavy (non-hydrogen) atoms. The van der Waals surface area contributed by atoms with Crippen LogP contribution in [0.25, 0.3) is 0 Å². The van der Waals surface area contributed by atoms with Crippen molar-refractivity contribution >= 4 is 23.5 Å². The first-order chi connectivity index (χ1) is 23.7. The third kappa shape index (κ3) is 9.35. The maximum atomic E-state index is 14.3. The van der Waals surface area contributed by atoms with Crippen LogP contribution in [-0.2, 0) is 32.0 Å². The fourth-order valence-corrected chi connectivity index (χ4v) is 8.30. The minimum Gasteiger partial charge on any atom is -0.345 e. The number of benzene rings is 2. The van der Waals surface area contributed by atoms with E-state index in [9.17, 15) is 19.2 Å². The summed E-state index contributed by atoms with van der Waals surface area (Å²) in [6.07, 6.45) is 7.62. The van der Waals surface area contributed by atoms with Crippen molar-refractivity contribution in [2.75, 3.05) is 26.2 Å². The first-order valence-corrected chi connectivity index (χ1v) is 18.4. The van der Waals surface area contributed by atoms with E-state index >= 15 is 0 Å². The van der Waals surface area contributed by atoms with Crippen LogP contribution in [0.5, 0.6) is 0 Å². The highest BCUT2D eigenvalue weighted by atomic mass is 16.2. The van der Waals surface area contributed by atoms with Crippen molar-refractivity contribution in [3.8, 4) is 0 Å². The third-order valence-corrected chi connectivity index (χ3v) is 11.0. The number of carbonyl (C=O) groups is 4. The summed E-state index contributed by atoms with van der Waals surface area (Å²) < 4.78 is 0. The molecule has 2 aromatic rings. The van der Waals surface area contributed by atoms with Gasteiger partial charge in [-0.2, -0.15) is 0 Å². The molecule has 5 rings (SSSR count). The summed E-state index contributed by atoms with van der Waals surface area (Å²) in [7, 11) is 0. The van der Waals surface area contributed by atoms with Crippen LogP contribution in [0.15, 0.2) is 60.7 Å². The van der Waals surface area contributed by atoms with Gasteiger partial charge in [0, 0.05) is 31.6 Å². The topological polar surface area (TPSA) is 151 Å². The van der Waals surface area contributed by atoms with Gasteiger partial charge in [-0.15, -0.1) is 0 Å². The Labute approximate surface area is 291 Å². The van der Waals surface area contributed by atoms with Gasteiger partial charge in [0.2, 0.25) is 17.7 Å². The summed E-state index contributed by atoms with van der Waals surface area (Å²) in [5.74, 6) is -0.852. The fourth-order valence-electron chi connectivity index (χ4n) is 8.30. The number of likely N-dealkylation sites (N-methyl/N-ethyl adjacent to an activating group) is 1. The quantitative estimate of drug-likeness (QED) is 0.189. The van der Waals surface area contributed by atoms with Gasteiger partial charge in [0.25, 0.3) is 0 Å². The minimum absolute atomic E-state index is 0.00638. The third-order valence-electron chi connectivity index (χ3n) is 11.0. The molecule has 3 aliphatic rings. The lowest BCUT2D eigenvalue weighted by molar-refractivity contribution is -0.143. The lowest BCUT2D eigenvalue weighted by atomic mass is 9.78. The second kappa shape index (κ2) is 17.4. The number of unbranched alkanes of at least 4 members (excludes halogenated alkanes) is 1. The average Bonchev–Trinajstić information content (AvgIpc) is 3.69. The van der Waals surface area contributed by atoms with E-state index in [1.54, 1.807) is 0 Å². The van der Waals surface area contributed by atoms with Crippen molar-refractivity contribution in [2.24, 2.45) is 16.9 Å².